The van der Waals surface area contributed by atoms with Gasteiger partial charge in [-0.1, -0.05) is 23.4 Å². The summed E-state index contributed by atoms with van der Waals surface area (Å²) in [4.78, 5) is 6.55. The van der Waals surface area contributed by atoms with Crippen LogP contribution in [0.2, 0.25) is 0 Å². The van der Waals surface area contributed by atoms with Crippen LogP contribution < -0.4 is 0 Å². The fourth-order valence-electron chi connectivity index (χ4n) is 1.36. The second kappa shape index (κ2) is 4.51. The van der Waals surface area contributed by atoms with Gasteiger partial charge in [0.25, 0.3) is 0 Å². The average Bonchev–Trinajstić information content (AvgIpc) is 2.63. The average molecular weight is 207 g/mol. The predicted octanol–water partition coefficient (Wildman–Crippen LogP) is 2.94. The molecule has 0 fully saturated rings. The molecule has 74 valence electrons. The standard InChI is InChI=1S/C11H13NOS/c1-9-7-10(13-12-9)8-14-11-5-3-2-4-6-11/h2-6,10H,7-8H2,1H3. The van der Waals surface area contributed by atoms with Gasteiger partial charge in [0.05, 0.1) is 5.71 Å². The maximum Gasteiger partial charge on any atom is 0.142 e. The summed E-state index contributed by atoms with van der Waals surface area (Å²) in [5.41, 5.74) is 1.10. The van der Waals surface area contributed by atoms with Crippen molar-refractivity contribution in [1.29, 1.82) is 0 Å². The van der Waals surface area contributed by atoms with Crippen molar-refractivity contribution >= 4 is 17.5 Å². The zero-order chi connectivity index (χ0) is 9.80. The van der Waals surface area contributed by atoms with Gasteiger partial charge in [-0.15, -0.1) is 11.8 Å². The highest BCUT2D eigenvalue weighted by Gasteiger charge is 2.17. The molecule has 2 rings (SSSR count). The fourth-order valence-corrected chi connectivity index (χ4v) is 2.27. The maximum atomic E-state index is 5.25. The van der Waals surface area contributed by atoms with Crippen LogP contribution in [0.25, 0.3) is 0 Å². The fraction of sp³-hybridized carbons (Fsp3) is 0.364. The minimum atomic E-state index is 0.264. The predicted molar refractivity (Wildman–Crippen MR) is 59.8 cm³/mol. The lowest BCUT2D eigenvalue weighted by atomic mass is 10.2. The normalized spacial score (nSPS) is 20.4. The van der Waals surface area contributed by atoms with Gasteiger partial charge in [-0.3, -0.25) is 0 Å². The van der Waals surface area contributed by atoms with Crippen molar-refractivity contribution in [2.24, 2.45) is 5.16 Å². The molecule has 0 N–H and O–H groups in total. The van der Waals surface area contributed by atoms with Gasteiger partial charge in [-0.05, 0) is 19.1 Å². The Balaban J connectivity index is 1.79. The molecule has 0 saturated carbocycles. The van der Waals surface area contributed by atoms with E-state index < -0.39 is 0 Å². The van der Waals surface area contributed by atoms with Gasteiger partial charge in [-0.2, -0.15) is 0 Å². The van der Waals surface area contributed by atoms with Crippen molar-refractivity contribution in [3.63, 3.8) is 0 Å². The summed E-state index contributed by atoms with van der Waals surface area (Å²) in [6.07, 6.45) is 1.24. The summed E-state index contributed by atoms with van der Waals surface area (Å²) in [6, 6.07) is 10.4. The lowest BCUT2D eigenvalue weighted by molar-refractivity contribution is 0.103. The highest BCUT2D eigenvalue weighted by atomic mass is 32.2. The van der Waals surface area contributed by atoms with Crippen molar-refractivity contribution in [2.45, 2.75) is 24.3 Å². The lowest BCUT2D eigenvalue weighted by Gasteiger charge is -2.06. The third kappa shape index (κ3) is 2.51. The van der Waals surface area contributed by atoms with Gasteiger partial charge >= 0.3 is 0 Å². The van der Waals surface area contributed by atoms with Crippen LogP contribution in [0.3, 0.4) is 0 Å². The number of benzene rings is 1. The smallest absolute Gasteiger partial charge is 0.142 e. The quantitative estimate of drug-likeness (QED) is 0.711. The Hall–Kier alpha value is -0.960. The SMILES string of the molecule is CC1=NOC(CSc2ccccc2)C1. The van der Waals surface area contributed by atoms with Gasteiger partial charge in [0, 0.05) is 17.1 Å². The molecule has 0 spiro atoms. The molecule has 0 saturated heterocycles. The van der Waals surface area contributed by atoms with Crippen molar-refractivity contribution < 1.29 is 4.84 Å². The first-order valence-electron chi connectivity index (χ1n) is 4.72. The van der Waals surface area contributed by atoms with Gasteiger partial charge in [0.15, 0.2) is 0 Å². The molecule has 2 nitrogen and oxygen atoms in total. The number of hydrogen-bond donors (Lipinski definition) is 0. The molecule has 1 heterocycles. The van der Waals surface area contributed by atoms with Crippen LogP contribution in [0.5, 0.6) is 0 Å². The molecule has 1 aromatic rings. The third-order valence-corrected chi connectivity index (χ3v) is 3.20. The summed E-state index contributed by atoms with van der Waals surface area (Å²) < 4.78 is 0. The molecular weight excluding hydrogens is 194 g/mol. The Labute approximate surface area is 88.3 Å². The second-order valence-electron chi connectivity index (χ2n) is 3.38. The largest absolute Gasteiger partial charge is 0.391 e. The van der Waals surface area contributed by atoms with E-state index in [0.29, 0.717) is 0 Å². The highest BCUT2D eigenvalue weighted by Crippen LogP contribution is 2.22. The van der Waals surface area contributed by atoms with Crippen LogP contribution in [0.4, 0.5) is 0 Å². The van der Waals surface area contributed by atoms with E-state index in [9.17, 15) is 0 Å². The molecule has 14 heavy (non-hydrogen) atoms. The van der Waals surface area contributed by atoms with Crippen molar-refractivity contribution in [2.75, 3.05) is 5.75 Å². The molecule has 1 atom stereocenters. The third-order valence-electron chi connectivity index (χ3n) is 2.06. The number of oxime groups is 1. The van der Waals surface area contributed by atoms with Crippen LogP contribution >= 0.6 is 11.8 Å². The molecule has 1 aliphatic rings. The Bertz CT molecular complexity index is 323. The van der Waals surface area contributed by atoms with E-state index in [2.05, 4.69) is 29.4 Å². The van der Waals surface area contributed by atoms with Crippen molar-refractivity contribution in [1.82, 2.24) is 0 Å². The molecule has 0 radical (unpaired) electrons. The van der Waals surface area contributed by atoms with Gasteiger partial charge in [0.1, 0.15) is 6.10 Å². The van der Waals surface area contributed by atoms with E-state index in [1.54, 1.807) is 0 Å². The van der Waals surface area contributed by atoms with E-state index in [1.807, 2.05) is 24.8 Å². The number of thioether (sulfide) groups is 1. The van der Waals surface area contributed by atoms with Crippen LogP contribution in [0.1, 0.15) is 13.3 Å². The second-order valence-corrected chi connectivity index (χ2v) is 4.48. The first-order chi connectivity index (χ1) is 6.84. The minimum Gasteiger partial charge on any atom is -0.391 e. The monoisotopic (exact) mass is 207 g/mol. The van der Waals surface area contributed by atoms with Crippen LogP contribution in [-0.2, 0) is 4.84 Å². The molecule has 0 bridgehead atoms. The number of nitrogens with zero attached hydrogens (tertiary/aromatic N) is 1. The van der Waals surface area contributed by atoms with Gasteiger partial charge in [0.2, 0.25) is 0 Å². The maximum absolute atomic E-state index is 5.25. The molecule has 0 aromatic heterocycles. The molecular formula is C11H13NOS. The Kier molecular flexibility index (Phi) is 3.09. The Morgan fingerprint density at radius 3 is 2.86 bits per heavy atom. The van der Waals surface area contributed by atoms with E-state index in [1.165, 1.54) is 4.90 Å². The summed E-state index contributed by atoms with van der Waals surface area (Å²) in [7, 11) is 0. The summed E-state index contributed by atoms with van der Waals surface area (Å²) in [5.74, 6) is 0.977. The van der Waals surface area contributed by atoms with E-state index >= 15 is 0 Å². The van der Waals surface area contributed by atoms with Crippen LogP contribution in [0.15, 0.2) is 40.4 Å². The molecule has 1 aliphatic heterocycles. The van der Waals surface area contributed by atoms with Crippen LogP contribution in [-0.4, -0.2) is 17.6 Å². The summed E-state index contributed by atoms with van der Waals surface area (Å²) in [5, 5.41) is 3.93. The van der Waals surface area contributed by atoms with Crippen LogP contribution in [0, 0.1) is 0 Å². The van der Waals surface area contributed by atoms with Crippen molar-refractivity contribution in [3.8, 4) is 0 Å². The molecule has 1 unspecified atom stereocenters. The zero-order valence-corrected chi connectivity index (χ0v) is 8.96. The first kappa shape index (κ1) is 9.59. The molecule has 3 heteroatoms. The lowest BCUT2D eigenvalue weighted by Crippen LogP contribution is -2.09. The Morgan fingerprint density at radius 2 is 2.21 bits per heavy atom. The topological polar surface area (TPSA) is 21.6 Å². The zero-order valence-electron chi connectivity index (χ0n) is 8.14. The van der Waals surface area contributed by atoms with Gasteiger partial charge < -0.3 is 4.84 Å². The number of hydrogen-bond acceptors (Lipinski definition) is 3. The molecule has 0 aliphatic carbocycles. The first-order valence-corrected chi connectivity index (χ1v) is 5.70. The van der Waals surface area contributed by atoms with E-state index in [0.717, 1.165) is 17.9 Å². The summed E-state index contributed by atoms with van der Waals surface area (Å²) in [6.45, 7) is 2.01. The molecule has 0 amide bonds. The highest BCUT2D eigenvalue weighted by molar-refractivity contribution is 7.99. The van der Waals surface area contributed by atoms with Gasteiger partial charge in [-0.25, -0.2) is 0 Å². The van der Waals surface area contributed by atoms with E-state index in [-0.39, 0.29) is 6.10 Å². The molecule has 1 aromatic carbocycles. The Morgan fingerprint density at radius 1 is 1.43 bits per heavy atom. The number of rotatable bonds is 3. The minimum absolute atomic E-state index is 0.264. The van der Waals surface area contributed by atoms with Crippen molar-refractivity contribution in [3.05, 3.63) is 30.3 Å². The summed E-state index contributed by atoms with van der Waals surface area (Å²) >= 11 is 1.82. The van der Waals surface area contributed by atoms with E-state index in [4.69, 9.17) is 4.84 Å².